The minimum Gasteiger partial charge on any atom is -0.493 e. The van der Waals surface area contributed by atoms with E-state index in [1.165, 1.54) is 10.3 Å². The number of amides is 2. The van der Waals surface area contributed by atoms with E-state index < -0.39 is 6.04 Å². The number of hydrogen-bond donors (Lipinski definition) is 2. The summed E-state index contributed by atoms with van der Waals surface area (Å²) in [6.45, 7) is 5.25. The van der Waals surface area contributed by atoms with Crippen molar-refractivity contribution in [3.63, 3.8) is 0 Å². The van der Waals surface area contributed by atoms with Gasteiger partial charge in [-0.3, -0.25) is 24.2 Å². The van der Waals surface area contributed by atoms with Crippen LogP contribution in [0.1, 0.15) is 54.4 Å². The van der Waals surface area contributed by atoms with Gasteiger partial charge in [-0.15, -0.1) is 0 Å². The molecule has 0 saturated heterocycles. The molecule has 3 aliphatic rings. The second-order valence-corrected chi connectivity index (χ2v) is 10.4. The van der Waals surface area contributed by atoms with E-state index in [-0.39, 0.29) is 23.1 Å². The molecule has 2 aliphatic heterocycles. The number of anilines is 1. The molecule has 1 aromatic carbocycles. The number of pyridine rings is 1. The summed E-state index contributed by atoms with van der Waals surface area (Å²) < 4.78 is 7.58. The number of benzene rings is 1. The first kappa shape index (κ1) is 24.1. The first-order valence-electron chi connectivity index (χ1n) is 12.9. The van der Waals surface area contributed by atoms with Crippen molar-refractivity contribution in [2.45, 2.75) is 38.6 Å². The number of aromatic nitrogens is 3. The first-order chi connectivity index (χ1) is 18.4. The number of ether oxygens (including phenoxy) is 1. The van der Waals surface area contributed by atoms with E-state index in [9.17, 15) is 9.59 Å². The van der Waals surface area contributed by atoms with Crippen LogP contribution in [0, 0.1) is 5.41 Å². The number of nitrogens with one attached hydrogen (secondary N) is 2. The molecule has 2 N–H and O–H groups in total. The molecule has 9 nitrogen and oxygen atoms in total. The lowest BCUT2D eigenvalue weighted by Gasteiger charge is -2.38. The van der Waals surface area contributed by atoms with E-state index in [1.807, 2.05) is 43.3 Å². The lowest BCUT2D eigenvalue weighted by Crippen LogP contribution is -2.52. The van der Waals surface area contributed by atoms with Gasteiger partial charge in [-0.1, -0.05) is 18.2 Å². The zero-order valence-corrected chi connectivity index (χ0v) is 21.7. The third kappa shape index (κ3) is 4.17. The Morgan fingerprint density at radius 2 is 1.95 bits per heavy atom. The van der Waals surface area contributed by atoms with Gasteiger partial charge in [0.05, 0.1) is 30.7 Å². The molecule has 0 bridgehead atoms. The molecule has 9 heteroatoms. The number of carbonyl (C=O) groups excluding carboxylic acids is 2. The summed E-state index contributed by atoms with van der Waals surface area (Å²) in [6.07, 6.45) is 5.09. The number of nitrogens with zero attached hydrogens (tertiary/aromatic N) is 4. The highest BCUT2D eigenvalue weighted by atomic mass is 16.5. The van der Waals surface area contributed by atoms with Crippen molar-refractivity contribution in [1.82, 2.24) is 20.1 Å². The normalized spacial score (nSPS) is 19.9. The zero-order valence-electron chi connectivity index (χ0n) is 21.7. The Labute approximate surface area is 221 Å². The molecular formula is C29H30N6O3. The number of carbonyl (C=O) groups is 2. The largest absolute Gasteiger partial charge is 0.493 e. The van der Waals surface area contributed by atoms with Crippen LogP contribution in [0.3, 0.4) is 0 Å². The number of aliphatic imine (C=N–C) groups is 1. The van der Waals surface area contributed by atoms with Crippen molar-refractivity contribution >= 4 is 28.8 Å². The van der Waals surface area contributed by atoms with Crippen LogP contribution in [0.2, 0.25) is 0 Å². The van der Waals surface area contributed by atoms with E-state index in [0.717, 1.165) is 41.1 Å². The minimum atomic E-state index is -0.821. The maximum absolute atomic E-state index is 13.9. The average Bonchev–Trinajstić information content (AvgIpc) is 3.41. The predicted octanol–water partition coefficient (Wildman–Crippen LogP) is 3.76. The topological polar surface area (TPSA) is 110 Å². The molecule has 1 spiro atoms. The highest BCUT2D eigenvalue weighted by Crippen LogP contribution is 2.61. The van der Waals surface area contributed by atoms with Crippen LogP contribution in [0.25, 0.3) is 5.57 Å². The van der Waals surface area contributed by atoms with Crippen molar-refractivity contribution in [1.29, 1.82) is 0 Å². The van der Waals surface area contributed by atoms with Gasteiger partial charge in [0, 0.05) is 41.4 Å². The third-order valence-corrected chi connectivity index (χ3v) is 7.91. The molecule has 6 rings (SSSR count). The third-order valence-electron chi connectivity index (χ3n) is 7.91. The standard InChI is InChI=1S/C29H30N6O3/c1-17-14-30-18(2)24(17)21-9-8-19(15-31-21)33-28(37)26(34-27(36)22-10-13-32-35(22)3)25-20-6-4-5-7-23(20)38-16-29(25)11-12-29/h4-10,13,15,25-26H,11-12,14,16H2,1-3H3,(H,33,37)(H,34,36)/t25?,26-/m0/s1. The van der Waals surface area contributed by atoms with Gasteiger partial charge in [0.25, 0.3) is 5.91 Å². The Morgan fingerprint density at radius 1 is 1.13 bits per heavy atom. The van der Waals surface area contributed by atoms with Crippen molar-refractivity contribution < 1.29 is 14.3 Å². The maximum Gasteiger partial charge on any atom is 0.270 e. The Morgan fingerprint density at radius 3 is 2.61 bits per heavy atom. The van der Waals surface area contributed by atoms with E-state index in [4.69, 9.17) is 4.74 Å². The van der Waals surface area contributed by atoms with Crippen molar-refractivity contribution in [3.8, 4) is 5.75 Å². The van der Waals surface area contributed by atoms with E-state index in [0.29, 0.717) is 24.5 Å². The summed E-state index contributed by atoms with van der Waals surface area (Å²) >= 11 is 0. The van der Waals surface area contributed by atoms with Gasteiger partial charge in [0.1, 0.15) is 17.5 Å². The second-order valence-electron chi connectivity index (χ2n) is 10.4. The van der Waals surface area contributed by atoms with Crippen LogP contribution in [0.5, 0.6) is 5.75 Å². The first-order valence-corrected chi connectivity index (χ1v) is 12.9. The fourth-order valence-electron chi connectivity index (χ4n) is 5.71. The smallest absolute Gasteiger partial charge is 0.270 e. The number of fused-ring (bicyclic) bond motifs is 1. The second kappa shape index (κ2) is 9.24. The van der Waals surface area contributed by atoms with Crippen molar-refractivity contribution in [2.75, 3.05) is 18.5 Å². The highest BCUT2D eigenvalue weighted by molar-refractivity contribution is 6.24. The molecule has 194 valence electrons. The van der Waals surface area contributed by atoms with Crippen LogP contribution in [0.15, 0.2) is 65.4 Å². The Bertz CT molecular complexity index is 1480. The summed E-state index contributed by atoms with van der Waals surface area (Å²) in [7, 11) is 1.71. The van der Waals surface area contributed by atoms with Gasteiger partial charge in [-0.2, -0.15) is 5.10 Å². The molecule has 2 amide bonds. The van der Waals surface area contributed by atoms with Gasteiger partial charge in [-0.25, -0.2) is 0 Å². The van der Waals surface area contributed by atoms with Crippen LogP contribution >= 0.6 is 0 Å². The zero-order chi connectivity index (χ0) is 26.4. The van der Waals surface area contributed by atoms with Gasteiger partial charge in [0.15, 0.2) is 0 Å². The maximum atomic E-state index is 13.9. The van der Waals surface area contributed by atoms with Crippen LogP contribution in [-0.4, -0.2) is 51.5 Å². The van der Waals surface area contributed by atoms with E-state index in [1.54, 1.807) is 25.5 Å². The van der Waals surface area contributed by atoms with Crippen molar-refractivity contribution in [2.24, 2.45) is 17.5 Å². The number of rotatable bonds is 6. The van der Waals surface area contributed by atoms with Crippen molar-refractivity contribution in [3.05, 3.63) is 77.4 Å². The molecule has 1 saturated carbocycles. The van der Waals surface area contributed by atoms with Crippen LogP contribution in [0.4, 0.5) is 5.69 Å². The molecule has 1 fully saturated rings. The summed E-state index contributed by atoms with van der Waals surface area (Å²) in [5.74, 6) is -0.123. The fourth-order valence-corrected chi connectivity index (χ4v) is 5.71. The molecular weight excluding hydrogens is 480 g/mol. The number of allylic oxidation sites excluding steroid dienone is 1. The van der Waals surface area contributed by atoms with Gasteiger partial charge in [-0.05, 0) is 56.5 Å². The molecule has 4 heterocycles. The number of aryl methyl sites for hydroxylation is 1. The Hall–Kier alpha value is -4.27. The summed E-state index contributed by atoms with van der Waals surface area (Å²) in [4.78, 5) is 36.3. The summed E-state index contributed by atoms with van der Waals surface area (Å²) in [5, 5.41) is 10.2. The van der Waals surface area contributed by atoms with Crippen LogP contribution in [-0.2, 0) is 11.8 Å². The Balaban J connectivity index is 1.32. The number of para-hydroxylation sites is 1. The monoisotopic (exact) mass is 510 g/mol. The van der Waals surface area contributed by atoms with E-state index in [2.05, 4.69) is 32.6 Å². The SMILES string of the molecule is CC1=NCC(C)=C1c1ccc(NC(=O)[C@@H](NC(=O)c2ccnn2C)C2c3ccccc3OCC23CC3)cn1. The molecule has 2 atom stereocenters. The lowest BCUT2D eigenvalue weighted by atomic mass is 9.76. The average molecular weight is 511 g/mol. The molecule has 1 aliphatic carbocycles. The van der Waals surface area contributed by atoms with E-state index >= 15 is 0 Å². The predicted molar refractivity (Wildman–Crippen MR) is 144 cm³/mol. The summed E-state index contributed by atoms with van der Waals surface area (Å²) in [6, 6.07) is 12.3. The molecule has 3 aromatic rings. The molecule has 0 radical (unpaired) electrons. The highest BCUT2D eigenvalue weighted by Gasteiger charge is 2.57. The van der Waals surface area contributed by atoms with Crippen LogP contribution < -0.4 is 15.4 Å². The summed E-state index contributed by atoms with van der Waals surface area (Å²) in [5.41, 5.74) is 5.73. The molecule has 2 aromatic heterocycles. The Kier molecular flexibility index (Phi) is 5.86. The van der Waals surface area contributed by atoms with Gasteiger partial charge < -0.3 is 15.4 Å². The quantitative estimate of drug-likeness (QED) is 0.525. The molecule has 1 unspecified atom stereocenters. The molecule has 38 heavy (non-hydrogen) atoms. The fraction of sp³-hybridized carbons (Fsp3) is 0.345. The van der Waals surface area contributed by atoms with Gasteiger partial charge >= 0.3 is 0 Å². The minimum absolute atomic E-state index is 0.193. The van der Waals surface area contributed by atoms with Gasteiger partial charge in [0.2, 0.25) is 5.91 Å². The lowest BCUT2D eigenvalue weighted by molar-refractivity contribution is -0.119. The number of hydrogen-bond acceptors (Lipinski definition) is 6.